The molecule has 3 N–H and O–H groups in total. The molecule has 0 aliphatic heterocycles. The number of benzene rings is 2. The molecular weight excluding hydrogens is 281 g/mol. The van der Waals surface area contributed by atoms with Crippen LogP contribution in [0.1, 0.15) is 5.56 Å². The zero-order chi connectivity index (χ0) is 14.8. The first-order valence-electron chi connectivity index (χ1n) is 5.50. The van der Waals surface area contributed by atoms with Crippen molar-refractivity contribution in [2.45, 2.75) is 4.90 Å². The molecule has 2 rings (SSSR count). The van der Waals surface area contributed by atoms with Crippen molar-refractivity contribution < 1.29 is 12.8 Å². The van der Waals surface area contributed by atoms with Crippen LogP contribution in [0.15, 0.2) is 47.4 Å². The Morgan fingerprint density at radius 3 is 2.40 bits per heavy atom. The number of sulfonamides is 1. The lowest BCUT2D eigenvalue weighted by atomic mass is 10.2. The van der Waals surface area contributed by atoms with E-state index in [0.29, 0.717) is 5.56 Å². The molecule has 0 unspecified atom stereocenters. The average molecular weight is 291 g/mol. The van der Waals surface area contributed by atoms with E-state index in [0.717, 1.165) is 12.1 Å². The molecule has 0 aliphatic rings. The fourth-order valence-electron chi connectivity index (χ4n) is 1.53. The highest BCUT2D eigenvalue weighted by Gasteiger charge is 2.15. The molecule has 0 amide bonds. The molecule has 0 aromatic heterocycles. The normalized spacial score (nSPS) is 10.8. The van der Waals surface area contributed by atoms with Crippen LogP contribution in [-0.2, 0) is 10.0 Å². The Kier molecular flexibility index (Phi) is 3.59. The van der Waals surface area contributed by atoms with E-state index in [1.807, 2.05) is 6.07 Å². The average Bonchev–Trinajstić information content (AvgIpc) is 2.43. The second-order valence-corrected chi connectivity index (χ2v) is 5.66. The highest BCUT2D eigenvalue weighted by atomic mass is 32.2. The molecule has 0 fully saturated rings. The van der Waals surface area contributed by atoms with Crippen molar-refractivity contribution >= 4 is 21.4 Å². The van der Waals surface area contributed by atoms with Crippen molar-refractivity contribution in [2.24, 2.45) is 0 Å². The van der Waals surface area contributed by atoms with Gasteiger partial charge >= 0.3 is 0 Å². The fourth-order valence-corrected chi connectivity index (χ4v) is 2.61. The smallest absolute Gasteiger partial charge is 0.261 e. The number of nitrogen functional groups attached to an aromatic ring is 1. The van der Waals surface area contributed by atoms with E-state index < -0.39 is 15.8 Å². The zero-order valence-electron chi connectivity index (χ0n) is 10.2. The SMILES string of the molecule is N#Cc1ccc(S(=O)(=O)Nc2cc(F)ccc2N)cc1. The molecule has 0 saturated carbocycles. The molecule has 0 heterocycles. The van der Waals surface area contributed by atoms with Gasteiger partial charge in [-0.2, -0.15) is 5.26 Å². The number of anilines is 2. The summed E-state index contributed by atoms with van der Waals surface area (Å²) in [6.07, 6.45) is 0. The maximum Gasteiger partial charge on any atom is 0.261 e. The Balaban J connectivity index is 2.35. The van der Waals surface area contributed by atoms with Crippen LogP contribution in [0.2, 0.25) is 0 Å². The van der Waals surface area contributed by atoms with E-state index in [4.69, 9.17) is 11.0 Å². The first-order valence-corrected chi connectivity index (χ1v) is 6.99. The van der Waals surface area contributed by atoms with Crippen LogP contribution in [0.5, 0.6) is 0 Å². The summed E-state index contributed by atoms with van der Waals surface area (Å²) in [5, 5.41) is 8.66. The maximum absolute atomic E-state index is 13.1. The molecule has 2 aromatic carbocycles. The number of halogens is 1. The summed E-state index contributed by atoms with van der Waals surface area (Å²) in [6, 6.07) is 10.6. The van der Waals surface area contributed by atoms with Gasteiger partial charge in [-0.3, -0.25) is 4.72 Å². The second-order valence-electron chi connectivity index (χ2n) is 3.97. The van der Waals surface area contributed by atoms with Crippen LogP contribution < -0.4 is 10.5 Å². The lowest BCUT2D eigenvalue weighted by Crippen LogP contribution is -2.14. The number of hydrogen-bond acceptors (Lipinski definition) is 4. The molecule has 20 heavy (non-hydrogen) atoms. The fraction of sp³-hybridized carbons (Fsp3) is 0. The summed E-state index contributed by atoms with van der Waals surface area (Å²) in [5.74, 6) is -0.600. The van der Waals surface area contributed by atoms with Crippen LogP contribution in [0.3, 0.4) is 0 Å². The van der Waals surface area contributed by atoms with Crippen LogP contribution in [-0.4, -0.2) is 8.42 Å². The predicted octanol–water partition coefficient (Wildman–Crippen LogP) is 2.08. The molecule has 2 aromatic rings. The van der Waals surface area contributed by atoms with Gasteiger partial charge in [-0.15, -0.1) is 0 Å². The van der Waals surface area contributed by atoms with Gasteiger partial charge in [0.2, 0.25) is 0 Å². The summed E-state index contributed by atoms with van der Waals surface area (Å²) >= 11 is 0. The number of nitriles is 1. The molecule has 0 saturated heterocycles. The van der Waals surface area contributed by atoms with Crippen molar-refractivity contribution in [3.8, 4) is 6.07 Å². The summed E-state index contributed by atoms with van der Waals surface area (Å²) in [5.41, 5.74) is 6.01. The van der Waals surface area contributed by atoms with E-state index in [1.165, 1.54) is 30.3 Å². The van der Waals surface area contributed by atoms with Crippen molar-refractivity contribution in [2.75, 3.05) is 10.5 Å². The summed E-state index contributed by atoms with van der Waals surface area (Å²) < 4.78 is 39.5. The van der Waals surface area contributed by atoms with Crippen LogP contribution in [0.25, 0.3) is 0 Å². The summed E-state index contributed by atoms with van der Waals surface area (Å²) in [6.45, 7) is 0. The number of nitrogens with zero attached hydrogens (tertiary/aromatic N) is 1. The van der Waals surface area contributed by atoms with E-state index in [2.05, 4.69) is 4.72 Å². The Morgan fingerprint density at radius 1 is 1.15 bits per heavy atom. The highest BCUT2D eigenvalue weighted by molar-refractivity contribution is 7.92. The van der Waals surface area contributed by atoms with Gasteiger partial charge in [0, 0.05) is 6.07 Å². The largest absolute Gasteiger partial charge is 0.397 e. The molecule has 0 atom stereocenters. The Morgan fingerprint density at radius 2 is 1.80 bits per heavy atom. The van der Waals surface area contributed by atoms with E-state index in [1.54, 1.807) is 0 Å². The van der Waals surface area contributed by atoms with Gasteiger partial charge in [-0.1, -0.05) is 0 Å². The second kappa shape index (κ2) is 5.19. The Labute approximate surface area is 115 Å². The molecule has 0 spiro atoms. The van der Waals surface area contributed by atoms with Gasteiger partial charge in [-0.25, -0.2) is 12.8 Å². The van der Waals surface area contributed by atoms with Crippen molar-refractivity contribution in [3.63, 3.8) is 0 Å². The first kappa shape index (κ1) is 13.8. The van der Waals surface area contributed by atoms with Gasteiger partial charge in [0.1, 0.15) is 5.82 Å². The predicted molar refractivity (Wildman–Crippen MR) is 72.8 cm³/mol. The standard InChI is InChI=1S/C13H10FN3O2S/c14-10-3-6-12(16)13(7-10)17-20(18,19)11-4-1-9(8-15)2-5-11/h1-7,17H,16H2. The molecule has 0 bridgehead atoms. The van der Waals surface area contributed by atoms with Crippen molar-refractivity contribution in [3.05, 3.63) is 53.8 Å². The minimum atomic E-state index is -3.88. The molecule has 0 radical (unpaired) electrons. The minimum Gasteiger partial charge on any atom is -0.397 e. The Bertz CT molecular complexity index is 780. The minimum absolute atomic E-state index is 0.0330. The summed E-state index contributed by atoms with van der Waals surface area (Å²) in [4.78, 5) is -0.0415. The first-order chi connectivity index (χ1) is 9.42. The van der Waals surface area contributed by atoms with Crippen molar-refractivity contribution in [1.29, 1.82) is 5.26 Å². The van der Waals surface area contributed by atoms with Gasteiger partial charge in [0.15, 0.2) is 0 Å². The third-order valence-corrected chi connectivity index (χ3v) is 3.93. The van der Waals surface area contributed by atoms with Gasteiger partial charge in [-0.05, 0) is 36.4 Å². The molecule has 7 heteroatoms. The number of rotatable bonds is 3. The van der Waals surface area contributed by atoms with Gasteiger partial charge < -0.3 is 5.73 Å². The van der Waals surface area contributed by atoms with Crippen LogP contribution >= 0.6 is 0 Å². The molecule has 5 nitrogen and oxygen atoms in total. The Hall–Kier alpha value is -2.59. The van der Waals surface area contributed by atoms with Crippen LogP contribution in [0, 0.1) is 17.1 Å². The number of nitrogens with two attached hydrogens (primary N) is 1. The van der Waals surface area contributed by atoms with E-state index >= 15 is 0 Å². The lowest BCUT2D eigenvalue weighted by Gasteiger charge is -2.10. The highest BCUT2D eigenvalue weighted by Crippen LogP contribution is 2.23. The maximum atomic E-state index is 13.1. The quantitative estimate of drug-likeness (QED) is 0.846. The van der Waals surface area contributed by atoms with Crippen LogP contribution in [0.4, 0.5) is 15.8 Å². The van der Waals surface area contributed by atoms with Gasteiger partial charge in [0.05, 0.1) is 27.9 Å². The molecule has 102 valence electrons. The molecular formula is C13H10FN3O2S. The van der Waals surface area contributed by atoms with Crippen molar-refractivity contribution in [1.82, 2.24) is 0 Å². The van der Waals surface area contributed by atoms with E-state index in [-0.39, 0.29) is 16.3 Å². The van der Waals surface area contributed by atoms with E-state index in [9.17, 15) is 12.8 Å². The van der Waals surface area contributed by atoms with Gasteiger partial charge in [0.25, 0.3) is 10.0 Å². The lowest BCUT2D eigenvalue weighted by molar-refractivity contribution is 0.601. The monoisotopic (exact) mass is 291 g/mol. The molecule has 0 aliphatic carbocycles. The topological polar surface area (TPSA) is 96.0 Å². The number of hydrogen-bond donors (Lipinski definition) is 2. The third kappa shape index (κ3) is 2.87. The third-order valence-electron chi connectivity index (χ3n) is 2.55. The number of nitrogens with one attached hydrogen (secondary N) is 1. The summed E-state index contributed by atoms with van der Waals surface area (Å²) in [7, 11) is -3.88. The zero-order valence-corrected chi connectivity index (χ0v) is 11.0.